The Labute approximate surface area is 543 Å². The van der Waals surface area contributed by atoms with Crippen LogP contribution in [0.25, 0.3) is 0 Å². The molecule has 0 saturated heterocycles. The first-order valence-corrected chi connectivity index (χ1v) is 39.4. The highest BCUT2D eigenvalue weighted by Crippen LogP contribution is 2.45. The quantitative estimate of drug-likeness (QED) is 0.0222. The fourth-order valence-electron chi connectivity index (χ4n) is 10.5. The van der Waals surface area contributed by atoms with Gasteiger partial charge in [-0.25, -0.2) is 9.13 Å². The molecule has 0 aromatic rings. The van der Waals surface area contributed by atoms with Gasteiger partial charge in [-0.1, -0.05) is 299 Å². The number of esters is 4. The number of aliphatic hydroxyl groups is 1. The SMILES string of the molecule is CCCCCCCCCC(=O)OC[C@H](COP(=O)(O)OC[C@H](O)COP(=O)(O)OC[C@@H](COC(=O)CCCCCCCCCC(C)C)OC(=O)CCCCCCCCCCCCCCCCCCCCC(C)CC)OC(=O)CCCCCCCCCC(C)C. The zero-order valence-electron chi connectivity index (χ0n) is 57.9. The van der Waals surface area contributed by atoms with Gasteiger partial charge in [0.2, 0.25) is 0 Å². The predicted octanol–water partition coefficient (Wildman–Crippen LogP) is 19.8. The van der Waals surface area contributed by atoms with E-state index >= 15 is 0 Å². The predicted molar refractivity (Wildman–Crippen MR) is 358 cm³/mol. The summed E-state index contributed by atoms with van der Waals surface area (Å²) in [4.78, 5) is 72.3. The molecule has 0 rings (SSSR count). The van der Waals surface area contributed by atoms with Crippen molar-refractivity contribution >= 4 is 39.5 Å². The summed E-state index contributed by atoms with van der Waals surface area (Å²) in [6, 6.07) is 0. The molecule has 0 amide bonds. The van der Waals surface area contributed by atoms with Crippen LogP contribution in [0.1, 0.15) is 350 Å². The van der Waals surface area contributed by atoms with E-state index < -0.39 is 97.5 Å². The molecule has 0 saturated carbocycles. The number of phosphoric ester groups is 2. The molecule has 3 N–H and O–H groups in total. The third-order valence-electron chi connectivity index (χ3n) is 16.5. The molecule has 89 heavy (non-hydrogen) atoms. The van der Waals surface area contributed by atoms with Crippen molar-refractivity contribution in [2.45, 2.75) is 369 Å². The number of hydrogen-bond acceptors (Lipinski definition) is 15. The average Bonchev–Trinajstić information content (AvgIpc) is 3.62. The Hall–Kier alpha value is -1.94. The molecular weight excluding hydrogens is 1170 g/mol. The molecule has 0 fully saturated rings. The lowest BCUT2D eigenvalue weighted by Crippen LogP contribution is -2.30. The van der Waals surface area contributed by atoms with E-state index in [0.717, 1.165) is 115 Å². The molecule has 0 bridgehead atoms. The first-order valence-electron chi connectivity index (χ1n) is 36.4. The first-order chi connectivity index (χ1) is 42.8. The van der Waals surface area contributed by atoms with E-state index in [1.807, 2.05) is 0 Å². The van der Waals surface area contributed by atoms with Crippen LogP contribution < -0.4 is 0 Å². The van der Waals surface area contributed by atoms with Crippen LogP contribution in [0.15, 0.2) is 0 Å². The Morgan fingerprint density at radius 3 is 0.854 bits per heavy atom. The fraction of sp³-hybridized carbons (Fsp3) is 0.943. The molecule has 6 atom stereocenters. The molecule has 528 valence electrons. The highest BCUT2D eigenvalue weighted by atomic mass is 31.2. The number of carbonyl (C=O) groups excluding carboxylic acids is 4. The minimum Gasteiger partial charge on any atom is -0.462 e. The molecule has 0 aliphatic carbocycles. The molecule has 19 heteroatoms. The summed E-state index contributed by atoms with van der Waals surface area (Å²) >= 11 is 0. The number of ether oxygens (including phenoxy) is 4. The van der Waals surface area contributed by atoms with Crippen molar-refractivity contribution in [2.24, 2.45) is 17.8 Å². The van der Waals surface area contributed by atoms with Crippen LogP contribution in [0.4, 0.5) is 0 Å². The van der Waals surface area contributed by atoms with Gasteiger partial charge in [-0.3, -0.25) is 37.3 Å². The lowest BCUT2D eigenvalue weighted by atomic mass is 9.99. The Morgan fingerprint density at radius 1 is 0.326 bits per heavy atom. The number of rotatable bonds is 68. The van der Waals surface area contributed by atoms with Gasteiger partial charge >= 0.3 is 39.5 Å². The molecule has 0 aromatic heterocycles. The van der Waals surface area contributed by atoms with Crippen molar-refractivity contribution in [3.63, 3.8) is 0 Å². The van der Waals surface area contributed by atoms with E-state index in [9.17, 15) is 43.2 Å². The number of hydrogen-bond donors (Lipinski definition) is 3. The molecule has 0 spiro atoms. The van der Waals surface area contributed by atoms with Gasteiger partial charge in [-0.15, -0.1) is 0 Å². The second-order valence-corrected chi connectivity index (χ2v) is 29.4. The maximum absolute atomic E-state index is 13.0. The van der Waals surface area contributed by atoms with Crippen LogP contribution in [-0.4, -0.2) is 96.7 Å². The van der Waals surface area contributed by atoms with Crippen LogP contribution in [0, 0.1) is 17.8 Å². The zero-order chi connectivity index (χ0) is 65.9. The van der Waals surface area contributed by atoms with Crippen LogP contribution in [0.3, 0.4) is 0 Å². The van der Waals surface area contributed by atoms with Gasteiger partial charge in [-0.05, 0) is 43.4 Å². The van der Waals surface area contributed by atoms with Gasteiger partial charge in [0.1, 0.15) is 19.3 Å². The maximum Gasteiger partial charge on any atom is 0.472 e. The van der Waals surface area contributed by atoms with E-state index in [1.54, 1.807) is 0 Å². The van der Waals surface area contributed by atoms with Gasteiger partial charge < -0.3 is 33.8 Å². The number of carbonyl (C=O) groups is 4. The summed E-state index contributed by atoms with van der Waals surface area (Å²) in [7, 11) is -9.89. The first kappa shape index (κ1) is 87.1. The number of phosphoric acid groups is 2. The third-order valence-corrected chi connectivity index (χ3v) is 18.4. The van der Waals surface area contributed by atoms with Crippen molar-refractivity contribution in [3.05, 3.63) is 0 Å². The molecule has 0 aromatic carbocycles. The van der Waals surface area contributed by atoms with Crippen molar-refractivity contribution in [1.82, 2.24) is 0 Å². The summed E-state index contributed by atoms with van der Waals surface area (Å²) in [5.74, 6) is 0.136. The smallest absolute Gasteiger partial charge is 0.462 e. The van der Waals surface area contributed by atoms with Gasteiger partial charge in [0.25, 0.3) is 0 Å². The molecule has 0 aliphatic rings. The molecule has 17 nitrogen and oxygen atoms in total. The molecule has 0 aliphatic heterocycles. The standard InChI is InChI=1S/C70H136O17P2/c1-8-10-11-12-27-37-44-51-67(72)80-57-65(87-70(75)54-47-40-33-26-29-35-42-49-62(5)6)59-84-88(76,77)82-55-64(71)56-83-89(78,79)85-60-66(58-81-68(73)52-45-38-32-25-28-34-41-48-61(3)4)86-69(74)53-46-39-31-24-22-20-18-16-14-13-15-17-19-21-23-30-36-43-50-63(7)9-2/h61-66,71H,8-60H2,1-7H3,(H,76,77)(H,78,79)/t63?,64-,65+,66+/m0/s1. The zero-order valence-corrected chi connectivity index (χ0v) is 59.7. The summed E-state index contributed by atoms with van der Waals surface area (Å²) in [6.07, 6.45) is 44.9. The van der Waals surface area contributed by atoms with E-state index in [4.69, 9.17) is 37.0 Å². The minimum absolute atomic E-state index is 0.103. The third kappa shape index (κ3) is 63.2. The van der Waals surface area contributed by atoms with Crippen LogP contribution in [0.5, 0.6) is 0 Å². The van der Waals surface area contributed by atoms with Gasteiger partial charge in [0.15, 0.2) is 12.2 Å². The molecule has 0 heterocycles. The summed E-state index contributed by atoms with van der Waals surface area (Å²) < 4.78 is 68.1. The second kappa shape index (κ2) is 61.0. The van der Waals surface area contributed by atoms with Crippen molar-refractivity contribution < 1.29 is 80.2 Å². The number of aliphatic hydroxyl groups excluding tert-OH is 1. The van der Waals surface area contributed by atoms with Gasteiger partial charge in [0, 0.05) is 25.7 Å². The van der Waals surface area contributed by atoms with Crippen LogP contribution >= 0.6 is 15.6 Å². The summed E-state index contributed by atoms with van der Waals surface area (Å²) in [5, 5.41) is 10.6. The highest BCUT2D eigenvalue weighted by molar-refractivity contribution is 7.47. The van der Waals surface area contributed by atoms with E-state index in [2.05, 4.69) is 48.5 Å². The van der Waals surface area contributed by atoms with Crippen LogP contribution in [0.2, 0.25) is 0 Å². The second-order valence-electron chi connectivity index (χ2n) is 26.5. The van der Waals surface area contributed by atoms with Crippen molar-refractivity contribution in [1.29, 1.82) is 0 Å². The van der Waals surface area contributed by atoms with Crippen molar-refractivity contribution in [3.8, 4) is 0 Å². The molecule has 0 radical (unpaired) electrons. The van der Waals surface area contributed by atoms with E-state index in [1.165, 1.54) is 141 Å². The summed E-state index contributed by atoms with van der Waals surface area (Å²) in [5.41, 5.74) is 0. The average molecular weight is 1310 g/mol. The Bertz CT molecular complexity index is 1750. The van der Waals surface area contributed by atoms with Crippen LogP contribution in [-0.2, 0) is 65.4 Å². The largest absolute Gasteiger partial charge is 0.472 e. The van der Waals surface area contributed by atoms with E-state index in [0.29, 0.717) is 37.5 Å². The highest BCUT2D eigenvalue weighted by Gasteiger charge is 2.30. The van der Waals surface area contributed by atoms with Gasteiger partial charge in [0.05, 0.1) is 26.4 Å². The fourth-order valence-corrected chi connectivity index (χ4v) is 12.1. The Morgan fingerprint density at radius 2 is 0.573 bits per heavy atom. The van der Waals surface area contributed by atoms with Crippen molar-refractivity contribution in [2.75, 3.05) is 39.6 Å². The molecular formula is C70H136O17P2. The monoisotopic (exact) mass is 1310 g/mol. The Kier molecular flexibility index (Phi) is 59.6. The maximum atomic E-state index is 13.0. The number of unbranched alkanes of at least 4 members (excludes halogenated alkanes) is 35. The lowest BCUT2D eigenvalue weighted by molar-refractivity contribution is -0.161. The van der Waals surface area contributed by atoms with Gasteiger partial charge in [-0.2, -0.15) is 0 Å². The topological polar surface area (TPSA) is 237 Å². The van der Waals surface area contributed by atoms with E-state index in [-0.39, 0.29) is 25.7 Å². The molecule has 3 unspecified atom stereocenters. The summed E-state index contributed by atoms with van der Waals surface area (Å²) in [6.45, 7) is 11.7. The Balaban J connectivity index is 5.10. The lowest BCUT2D eigenvalue weighted by Gasteiger charge is -2.21. The minimum atomic E-state index is -4.95. The normalized spacial score (nSPS) is 14.5.